The maximum Gasteiger partial charge on any atom is 0.0558 e. The number of rotatable bonds is 26. The van der Waals surface area contributed by atoms with Crippen molar-refractivity contribution in [3.05, 3.63) is 0 Å². The summed E-state index contributed by atoms with van der Waals surface area (Å²) in [6.07, 6.45) is 24.8. The third kappa shape index (κ3) is 22.9. The van der Waals surface area contributed by atoms with Gasteiger partial charge in [-0.3, -0.25) is 4.90 Å². The molecule has 0 fully saturated rings. The van der Waals surface area contributed by atoms with Crippen molar-refractivity contribution in [2.24, 2.45) is 0 Å². The second-order valence-corrected chi connectivity index (χ2v) is 9.71. The van der Waals surface area contributed by atoms with Crippen LogP contribution in [0.2, 0.25) is 0 Å². The summed E-state index contributed by atoms with van der Waals surface area (Å²) in [5, 5.41) is 9.47. The second kappa shape index (κ2) is 26.1. The molecule has 3 nitrogen and oxygen atoms in total. The highest BCUT2D eigenvalue weighted by molar-refractivity contribution is 4.65. The number of aliphatic hydroxyl groups is 1. The molecule has 0 aliphatic rings. The van der Waals surface area contributed by atoms with Gasteiger partial charge in [0.25, 0.3) is 0 Å². The largest absolute Gasteiger partial charge is 0.395 e. The van der Waals surface area contributed by atoms with Crippen LogP contribution in [-0.2, 0) is 0 Å². The van der Waals surface area contributed by atoms with Crippen LogP contribution in [0.1, 0.15) is 136 Å². The first-order chi connectivity index (χ1) is 15.3. The van der Waals surface area contributed by atoms with Crippen LogP contribution in [-0.4, -0.2) is 60.8 Å². The van der Waals surface area contributed by atoms with Gasteiger partial charge in [0.1, 0.15) is 0 Å². The van der Waals surface area contributed by atoms with E-state index in [-0.39, 0.29) is 0 Å². The van der Waals surface area contributed by atoms with E-state index in [1.807, 2.05) is 0 Å². The standard InChI is InChI=1S/C28H60N2O/c1-4-7-10-13-15-17-20-22-29(23-21-18-16-14-11-8-5-2)25-26-30(27-28-31)24-19-12-9-6-3/h31H,4-28H2,1-3H3. The van der Waals surface area contributed by atoms with Crippen molar-refractivity contribution < 1.29 is 5.11 Å². The Morgan fingerprint density at radius 2 is 0.645 bits per heavy atom. The fraction of sp³-hybridized carbons (Fsp3) is 1.00. The number of unbranched alkanes of at least 4 members (excludes halogenated alkanes) is 15. The normalized spacial score (nSPS) is 11.8. The second-order valence-electron chi connectivity index (χ2n) is 9.71. The lowest BCUT2D eigenvalue weighted by atomic mass is 10.1. The first-order valence-electron chi connectivity index (χ1n) is 14.3. The highest BCUT2D eigenvalue weighted by Gasteiger charge is 2.09. The smallest absolute Gasteiger partial charge is 0.0558 e. The average molecular weight is 441 g/mol. The summed E-state index contributed by atoms with van der Waals surface area (Å²) in [7, 11) is 0. The Morgan fingerprint density at radius 1 is 0.355 bits per heavy atom. The zero-order valence-electron chi connectivity index (χ0n) is 22.0. The van der Waals surface area contributed by atoms with E-state index in [4.69, 9.17) is 0 Å². The van der Waals surface area contributed by atoms with E-state index in [2.05, 4.69) is 30.6 Å². The van der Waals surface area contributed by atoms with Crippen LogP contribution < -0.4 is 0 Å². The van der Waals surface area contributed by atoms with Gasteiger partial charge in [0.05, 0.1) is 6.61 Å². The van der Waals surface area contributed by atoms with Gasteiger partial charge in [-0.25, -0.2) is 0 Å². The van der Waals surface area contributed by atoms with Gasteiger partial charge in [0.15, 0.2) is 0 Å². The average Bonchev–Trinajstić information content (AvgIpc) is 2.78. The van der Waals surface area contributed by atoms with Crippen LogP contribution >= 0.6 is 0 Å². The SMILES string of the molecule is CCCCCCCCCN(CCCCCCCCC)CCN(CCO)CCCCCC. The first kappa shape index (κ1) is 30.9. The molecule has 0 heterocycles. The summed E-state index contributed by atoms with van der Waals surface area (Å²) >= 11 is 0. The topological polar surface area (TPSA) is 26.7 Å². The van der Waals surface area contributed by atoms with E-state index in [1.54, 1.807) is 0 Å². The van der Waals surface area contributed by atoms with Crippen LogP contribution in [0.15, 0.2) is 0 Å². The Morgan fingerprint density at radius 3 is 1.00 bits per heavy atom. The summed E-state index contributed by atoms with van der Waals surface area (Å²) in [4.78, 5) is 5.23. The fourth-order valence-electron chi connectivity index (χ4n) is 4.44. The maximum atomic E-state index is 9.47. The van der Waals surface area contributed by atoms with Crippen LogP contribution in [0.25, 0.3) is 0 Å². The summed E-state index contributed by atoms with van der Waals surface area (Å²) < 4.78 is 0. The molecule has 0 spiro atoms. The minimum absolute atomic E-state index is 0.295. The van der Waals surface area contributed by atoms with E-state index in [9.17, 15) is 5.11 Å². The molecule has 0 atom stereocenters. The van der Waals surface area contributed by atoms with E-state index in [1.165, 1.54) is 135 Å². The van der Waals surface area contributed by atoms with Gasteiger partial charge in [0, 0.05) is 19.6 Å². The molecule has 1 N–H and O–H groups in total. The predicted octanol–water partition coefficient (Wildman–Crippen LogP) is 7.66. The predicted molar refractivity (Wildman–Crippen MR) is 140 cm³/mol. The minimum Gasteiger partial charge on any atom is -0.395 e. The fourth-order valence-corrected chi connectivity index (χ4v) is 4.44. The summed E-state index contributed by atoms with van der Waals surface area (Å²) in [6.45, 7) is 14.0. The monoisotopic (exact) mass is 440 g/mol. The third-order valence-electron chi connectivity index (χ3n) is 6.63. The van der Waals surface area contributed by atoms with Crippen molar-refractivity contribution in [3.63, 3.8) is 0 Å². The highest BCUT2D eigenvalue weighted by Crippen LogP contribution is 2.11. The molecule has 0 saturated carbocycles. The van der Waals surface area contributed by atoms with Crippen molar-refractivity contribution in [2.75, 3.05) is 45.9 Å². The summed E-state index contributed by atoms with van der Waals surface area (Å²) in [6, 6.07) is 0. The van der Waals surface area contributed by atoms with Gasteiger partial charge in [-0.2, -0.15) is 0 Å². The molecular weight excluding hydrogens is 380 g/mol. The van der Waals surface area contributed by atoms with Crippen molar-refractivity contribution >= 4 is 0 Å². The zero-order chi connectivity index (χ0) is 22.8. The Kier molecular flexibility index (Phi) is 26.0. The van der Waals surface area contributed by atoms with Gasteiger partial charge in [-0.15, -0.1) is 0 Å². The molecule has 0 aromatic carbocycles. The van der Waals surface area contributed by atoms with E-state index >= 15 is 0 Å². The van der Waals surface area contributed by atoms with Crippen LogP contribution in [0.4, 0.5) is 0 Å². The Bertz CT molecular complexity index is 306. The van der Waals surface area contributed by atoms with Crippen LogP contribution in [0.3, 0.4) is 0 Å². The number of nitrogens with zero attached hydrogens (tertiary/aromatic N) is 2. The quantitative estimate of drug-likeness (QED) is 0.140. The maximum absolute atomic E-state index is 9.47. The molecule has 31 heavy (non-hydrogen) atoms. The van der Waals surface area contributed by atoms with Gasteiger partial charge >= 0.3 is 0 Å². The van der Waals surface area contributed by atoms with Gasteiger partial charge in [0.2, 0.25) is 0 Å². The summed E-state index contributed by atoms with van der Waals surface area (Å²) in [5.74, 6) is 0. The van der Waals surface area contributed by atoms with Gasteiger partial charge in [-0.1, -0.05) is 117 Å². The lowest BCUT2D eigenvalue weighted by Gasteiger charge is -2.27. The number of aliphatic hydroxyl groups excluding tert-OH is 1. The molecule has 0 aliphatic heterocycles. The Labute approximate surface area is 197 Å². The minimum atomic E-state index is 0.295. The number of hydrogen-bond donors (Lipinski definition) is 1. The van der Waals surface area contributed by atoms with Crippen molar-refractivity contribution in [1.29, 1.82) is 0 Å². The van der Waals surface area contributed by atoms with Crippen LogP contribution in [0.5, 0.6) is 0 Å². The first-order valence-corrected chi connectivity index (χ1v) is 14.3. The third-order valence-corrected chi connectivity index (χ3v) is 6.63. The Hall–Kier alpha value is -0.120. The van der Waals surface area contributed by atoms with E-state index < -0.39 is 0 Å². The molecule has 0 unspecified atom stereocenters. The summed E-state index contributed by atoms with van der Waals surface area (Å²) in [5.41, 5.74) is 0. The molecule has 0 radical (unpaired) electrons. The molecule has 0 aliphatic carbocycles. The molecule has 0 saturated heterocycles. The number of hydrogen-bond acceptors (Lipinski definition) is 3. The molecule has 0 rings (SSSR count). The van der Waals surface area contributed by atoms with Crippen molar-refractivity contribution in [3.8, 4) is 0 Å². The highest BCUT2D eigenvalue weighted by atomic mass is 16.3. The molecular formula is C28H60N2O. The molecule has 0 aromatic rings. The lowest BCUT2D eigenvalue weighted by molar-refractivity contribution is 0.163. The van der Waals surface area contributed by atoms with Gasteiger partial charge in [-0.05, 0) is 38.9 Å². The molecule has 0 amide bonds. The Balaban J connectivity index is 4.21. The lowest BCUT2D eigenvalue weighted by Crippen LogP contribution is -2.38. The molecule has 0 bridgehead atoms. The molecule has 0 aromatic heterocycles. The zero-order valence-corrected chi connectivity index (χ0v) is 22.0. The molecule has 188 valence electrons. The van der Waals surface area contributed by atoms with E-state index in [0.717, 1.165) is 19.6 Å². The van der Waals surface area contributed by atoms with Gasteiger partial charge < -0.3 is 10.0 Å². The van der Waals surface area contributed by atoms with Crippen molar-refractivity contribution in [1.82, 2.24) is 9.80 Å². The van der Waals surface area contributed by atoms with E-state index in [0.29, 0.717) is 6.61 Å². The molecule has 3 heteroatoms. The van der Waals surface area contributed by atoms with Crippen LogP contribution in [0, 0.1) is 0 Å². The van der Waals surface area contributed by atoms with Crippen molar-refractivity contribution in [2.45, 2.75) is 136 Å².